The summed E-state index contributed by atoms with van der Waals surface area (Å²) in [5.74, 6) is 0.750. The van der Waals surface area contributed by atoms with Crippen LogP contribution in [0.3, 0.4) is 0 Å². The summed E-state index contributed by atoms with van der Waals surface area (Å²) in [7, 11) is 1.65. The lowest BCUT2D eigenvalue weighted by atomic mass is 9.95. The molecular weight excluding hydrogens is 148 g/mol. The fourth-order valence-corrected chi connectivity index (χ4v) is 1.47. The van der Waals surface area contributed by atoms with E-state index in [-0.39, 0.29) is 0 Å². The standard InChI is InChI=1S/C7H16S2/c1-5-6(2)7(3,4)9-8/h6,8H,5H2,1-4H3. The zero-order valence-electron chi connectivity index (χ0n) is 6.64. The van der Waals surface area contributed by atoms with Gasteiger partial charge >= 0.3 is 0 Å². The SMILES string of the molecule is CCC(C)C(C)(C)SS. The molecular formula is C7H16S2. The first-order valence-corrected chi connectivity index (χ1v) is 5.24. The predicted octanol–water partition coefficient (Wildman–Crippen LogP) is 3.39. The van der Waals surface area contributed by atoms with E-state index in [1.54, 1.807) is 10.8 Å². The van der Waals surface area contributed by atoms with E-state index in [9.17, 15) is 0 Å². The number of rotatable bonds is 3. The first-order valence-electron chi connectivity index (χ1n) is 3.37. The van der Waals surface area contributed by atoms with Crippen molar-refractivity contribution in [2.75, 3.05) is 0 Å². The molecule has 0 aromatic rings. The summed E-state index contributed by atoms with van der Waals surface area (Å²) in [4.78, 5) is 0. The van der Waals surface area contributed by atoms with Gasteiger partial charge in [-0.3, -0.25) is 0 Å². The minimum absolute atomic E-state index is 0.331. The third-order valence-electron chi connectivity index (χ3n) is 2.03. The summed E-state index contributed by atoms with van der Waals surface area (Å²) in [6.45, 7) is 8.96. The Morgan fingerprint density at radius 2 is 2.00 bits per heavy atom. The average Bonchev–Trinajstić information content (AvgIpc) is 1.86. The van der Waals surface area contributed by atoms with Gasteiger partial charge in [-0.05, 0) is 19.8 Å². The van der Waals surface area contributed by atoms with Crippen LogP contribution in [0.4, 0.5) is 0 Å². The zero-order valence-corrected chi connectivity index (χ0v) is 8.35. The molecule has 0 aromatic heterocycles. The summed E-state index contributed by atoms with van der Waals surface area (Å²) in [6, 6.07) is 0. The van der Waals surface area contributed by atoms with E-state index in [2.05, 4.69) is 39.4 Å². The molecule has 0 amide bonds. The van der Waals surface area contributed by atoms with Gasteiger partial charge in [-0.2, -0.15) is 0 Å². The molecule has 0 rings (SSSR count). The van der Waals surface area contributed by atoms with E-state index in [1.165, 1.54) is 6.42 Å². The zero-order chi connectivity index (χ0) is 7.49. The molecule has 0 aliphatic heterocycles. The molecule has 0 spiro atoms. The van der Waals surface area contributed by atoms with Crippen LogP contribution < -0.4 is 0 Å². The Balaban J connectivity index is 3.80. The van der Waals surface area contributed by atoms with Gasteiger partial charge in [-0.1, -0.05) is 31.1 Å². The van der Waals surface area contributed by atoms with Crippen LogP contribution in [-0.4, -0.2) is 4.75 Å². The second kappa shape index (κ2) is 3.77. The second-order valence-corrected chi connectivity index (χ2v) is 4.79. The van der Waals surface area contributed by atoms with Crippen molar-refractivity contribution in [1.29, 1.82) is 0 Å². The third kappa shape index (κ3) is 2.85. The quantitative estimate of drug-likeness (QED) is 0.493. The first kappa shape index (κ1) is 9.70. The molecule has 0 aliphatic rings. The largest absolute Gasteiger partial charge is 0.111 e. The van der Waals surface area contributed by atoms with Gasteiger partial charge in [0.15, 0.2) is 0 Å². The molecule has 0 radical (unpaired) electrons. The summed E-state index contributed by atoms with van der Waals surface area (Å²) < 4.78 is 0.331. The van der Waals surface area contributed by atoms with Gasteiger partial charge in [0, 0.05) is 4.75 Å². The molecule has 1 atom stereocenters. The Labute approximate surface area is 67.6 Å². The lowest BCUT2D eigenvalue weighted by molar-refractivity contribution is 0.451. The molecule has 0 saturated heterocycles. The van der Waals surface area contributed by atoms with Crippen LogP contribution >= 0.6 is 22.5 Å². The Bertz CT molecular complexity index is 79.0. The molecule has 0 saturated carbocycles. The van der Waals surface area contributed by atoms with Crippen LogP contribution in [0.5, 0.6) is 0 Å². The van der Waals surface area contributed by atoms with Gasteiger partial charge in [-0.25, -0.2) is 0 Å². The number of thiol groups is 1. The summed E-state index contributed by atoms with van der Waals surface area (Å²) >= 11 is 4.21. The highest BCUT2D eigenvalue weighted by atomic mass is 33.1. The molecule has 9 heavy (non-hydrogen) atoms. The molecule has 0 bridgehead atoms. The van der Waals surface area contributed by atoms with Gasteiger partial charge < -0.3 is 0 Å². The summed E-state index contributed by atoms with van der Waals surface area (Å²) in [5.41, 5.74) is 0. The molecule has 0 aromatic carbocycles. The van der Waals surface area contributed by atoms with Crippen LogP contribution in [0.25, 0.3) is 0 Å². The topological polar surface area (TPSA) is 0 Å². The predicted molar refractivity (Wildman–Crippen MR) is 50.1 cm³/mol. The van der Waals surface area contributed by atoms with E-state index in [4.69, 9.17) is 0 Å². The van der Waals surface area contributed by atoms with Crippen LogP contribution in [-0.2, 0) is 0 Å². The van der Waals surface area contributed by atoms with E-state index in [0.29, 0.717) is 4.75 Å². The number of hydrogen-bond donors (Lipinski definition) is 1. The summed E-state index contributed by atoms with van der Waals surface area (Å²) in [5, 5.41) is 0. The van der Waals surface area contributed by atoms with Gasteiger partial charge in [0.1, 0.15) is 0 Å². The third-order valence-corrected chi connectivity index (χ3v) is 4.32. The van der Waals surface area contributed by atoms with Crippen molar-refractivity contribution in [3.05, 3.63) is 0 Å². The van der Waals surface area contributed by atoms with Crippen molar-refractivity contribution in [2.24, 2.45) is 5.92 Å². The van der Waals surface area contributed by atoms with Crippen molar-refractivity contribution in [3.8, 4) is 0 Å². The highest BCUT2D eigenvalue weighted by molar-refractivity contribution is 8.69. The Hall–Kier alpha value is 0.700. The molecule has 1 unspecified atom stereocenters. The fraction of sp³-hybridized carbons (Fsp3) is 1.00. The molecule has 0 heterocycles. The Kier molecular flexibility index (Phi) is 4.06. The van der Waals surface area contributed by atoms with E-state index >= 15 is 0 Å². The average molecular weight is 164 g/mol. The van der Waals surface area contributed by atoms with Gasteiger partial charge in [0.2, 0.25) is 0 Å². The van der Waals surface area contributed by atoms with Crippen LogP contribution in [0.1, 0.15) is 34.1 Å². The van der Waals surface area contributed by atoms with Gasteiger partial charge in [0.25, 0.3) is 0 Å². The normalized spacial score (nSPS) is 15.7. The molecule has 0 aliphatic carbocycles. The van der Waals surface area contributed by atoms with E-state index in [1.807, 2.05) is 0 Å². The minimum atomic E-state index is 0.331. The van der Waals surface area contributed by atoms with Crippen LogP contribution in [0, 0.1) is 5.92 Å². The second-order valence-electron chi connectivity index (χ2n) is 3.00. The van der Waals surface area contributed by atoms with Crippen LogP contribution in [0.2, 0.25) is 0 Å². The fourth-order valence-electron chi connectivity index (χ4n) is 0.582. The van der Waals surface area contributed by atoms with Crippen LogP contribution in [0.15, 0.2) is 0 Å². The van der Waals surface area contributed by atoms with E-state index < -0.39 is 0 Å². The summed E-state index contributed by atoms with van der Waals surface area (Å²) in [6.07, 6.45) is 1.24. The molecule has 0 fully saturated rings. The maximum absolute atomic E-state index is 4.21. The Morgan fingerprint density at radius 1 is 1.56 bits per heavy atom. The monoisotopic (exact) mass is 164 g/mol. The molecule has 56 valence electrons. The minimum Gasteiger partial charge on any atom is -0.111 e. The highest BCUT2D eigenvalue weighted by Gasteiger charge is 2.23. The van der Waals surface area contributed by atoms with Crippen molar-refractivity contribution >= 4 is 22.5 Å². The van der Waals surface area contributed by atoms with Gasteiger partial charge in [-0.15, -0.1) is 11.7 Å². The number of hydrogen-bond acceptors (Lipinski definition) is 2. The van der Waals surface area contributed by atoms with Crippen molar-refractivity contribution < 1.29 is 0 Å². The maximum Gasteiger partial charge on any atom is 0.0230 e. The molecule has 0 nitrogen and oxygen atoms in total. The first-order chi connectivity index (χ1) is 4.04. The highest BCUT2D eigenvalue weighted by Crippen LogP contribution is 2.36. The lowest BCUT2D eigenvalue weighted by Crippen LogP contribution is -2.22. The molecule has 0 N–H and O–H groups in total. The molecule has 2 heteroatoms. The smallest absolute Gasteiger partial charge is 0.0230 e. The lowest BCUT2D eigenvalue weighted by Gasteiger charge is -2.27. The van der Waals surface area contributed by atoms with Crippen molar-refractivity contribution in [2.45, 2.75) is 38.9 Å². The maximum atomic E-state index is 4.21. The van der Waals surface area contributed by atoms with Crippen molar-refractivity contribution in [1.82, 2.24) is 0 Å². The van der Waals surface area contributed by atoms with Crippen molar-refractivity contribution in [3.63, 3.8) is 0 Å². The van der Waals surface area contributed by atoms with Gasteiger partial charge in [0.05, 0.1) is 0 Å². The Morgan fingerprint density at radius 3 is 2.11 bits per heavy atom. The van der Waals surface area contributed by atoms with E-state index in [0.717, 1.165) is 5.92 Å².